The molecule has 0 spiro atoms. The van der Waals surface area contributed by atoms with Crippen LogP contribution in [0.1, 0.15) is 38.5 Å². The Hall–Kier alpha value is -1.10. The molecule has 0 aromatic carbocycles. The van der Waals surface area contributed by atoms with Crippen molar-refractivity contribution in [3.63, 3.8) is 0 Å². The summed E-state index contributed by atoms with van der Waals surface area (Å²) in [5, 5.41) is 12.1. The standard InChI is InChI=1S/C14H22N2O3/c15-11-9-3-2-8(6-9)10(11)12(17)16-7-14(13(18)19)4-1-5-14/h8-11H,1-7,15H2,(H,16,17)(H,18,19). The van der Waals surface area contributed by atoms with Crippen LogP contribution >= 0.6 is 0 Å². The lowest BCUT2D eigenvalue weighted by atomic mass is 9.68. The number of amides is 1. The third kappa shape index (κ3) is 1.95. The molecule has 5 nitrogen and oxygen atoms in total. The van der Waals surface area contributed by atoms with Crippen LogP contribution in [-0.4, -0.2) is 29.6 Å². The van der Waals surface area contributed by atoms with Gasteiger partial charge in [0.25, 0.3) is 0 Å². The molecule has 5 heteroatoms. The predicted octanol–water partition coefficient (Wildman–Crippen LogP) is 0.731. The fraction of sp³-hybridized carbons (Fsp3) is 0.857. The van der Waals surface area contributed by atoms with E-state index in [0.29, 0.717) is 24.7 Å². The molecule has 0 heterocycles. The van der Waals surface area contributed by atoms with Crippen LogP contribution in [0.15, 0.2) is 0 Å². The predicted molar refractivity (Wildman–Crippen MR) is 69.2 cm³/mol. The summed E-state index contributed by atoms with van der Waals surface area (Å²) in [5.41, 5.74) is 5.42. The summed E-state index contributed by atoms with van der Waals surface area (Å²) in [6.45, 7) is 0.266. The highest BCUT2D eigenvalue weighted by atomic mass is 16.4. The van der Waals surface area contributed by atoms with E-state index in [2.05, 4.69) is 5.32 Å². The molecular weight excluding hydrogens is 244 g/mol. The fourth-order valence-corrected chi connectivity index (χ4v) is 4.17. The number of nitrogens with one attached hydrogen (secondary N) is 1. The monoisotopic (exact) mass is 266 g/mol. The third-order valence-corrected chi connectivity index (χ3v) is 5.65. The van der Waals surface area contributed by atoms with Crippen LogP contribution in [-0.2, 0) is 9.59 Å². The van der Waals surface area contributed by atoms with Gasteiger partial charge in [0.15, 0.2) is 0 Å². The minimum atomic E-state index is -0.781. The van der Waals surface area contributed by atoms with Gasteiger partial charge >= 0.3 is 5.97 Å². The SMILES string of the molecule is NC1C2CCC(C2)C1C(=O)NCC1(C(=O)O)CCC1. The summed E-state index contributed by atoms with van der Waals surface area (Å²) in [7, 11) is 0. The van der Waals surface area contributed by atoms with Gasteiger partial charge in [0, 0.05) is 12.6 Å². The number of nitrogens with two attached hydrogens (primary N) is 1. The van der Waals surface area contributed by atoms with Crippen molar-refractivity contribution in [2.24, 2.45) is 28.9 Å². The summed E-state index contributed by atoms with van der Waals surface area (Å²) < 4.78 is 0. The minimum Gasteiger partial charge on any atom is -0.481 e. The molecule has 0 aromatic rings. The number of carbonyl (C=O) groups excluding carboxylic acids is 1. The van der Waals surface area contributed by atoms with E-state index in [0.717, 1.165) is 25.7 Å². The minimum absolute atomic E-state index is 0.0211. The van der Waals surface area contributed by atoms with E-state index in [1.165, 1.54) is 0 Å². The van der Waals surface area contributed by atoms with Crippen molar-refractivity contribution in [2.75, 3.05) is 6.54 Å². The van der Waals surface area contributed by atoms with Gasteiger partial charge in [0.05, 0.1) is 11.3 Å². The van der Waals surface area contributed by atoms with E-state index in [9.17, 15) is 14.7 Å². The second-order valence-corrected chi connectivity index (χ2v) is 6.59. The van der Waals surface area contributed by atoms with Crippen molar-refractivity contribution < 1.29 is 14.7 Å². The summed E-state index contributed by atoms with van der Waals surface area (Å²) in [4.78, 5) is 23.5. The molecule has 3 saturated carbocycles. The number of carboxylic acids is 1. The number of fused-ring (bicyclic) bond motifs is 2. The summed E-state index contributed by atoms with van der Waals surface area (Å²) in [6.07, 6.45) is 5.60. The Bertz CT molecular complexity index is 403. The normalized spacial score (nSPS) is 38.8. The molecule has 3 aliphatic rings. The molecule has 4 N–H and O–H groups in total. The van der Waals surface area contributed by atoms with E-state index < -0.39 is 11.4 Å². The van der Waals surface area contributed by atoms with Gasteiger partial charge in [-0.1, -0.05) is 6.42 Å². The topological polar surface area (TPSA) is 92.4 Å². The molecule has 106 valence electrons. The first-order valence-electron chi connectivity index (χ1n) is 7.30. The average molecular weight is 266 g/mol. The Morgan fingerprint density at radius 3 is 2.42 bits per heavy atom. The van der Waals surface area contributed by atoms with E-state index in [1.807, 2.05) is 0 Å². The molecule has 1 amide bonds. The highest BCUT2D eigenvalue weighted by Crippen LogP contribution is 2.48. The van der Waals surface area contributed by atoms with E-state index >= 15 is 0 Å². The maximum absolute atomic E-state index is 12.3. The van der Waals surface area contributed by atoms with Crippen LogP contribution < -0.4 is 11.1 Å². The molecule has 0 saturated heterocycles. The molecular formula is C14H22N2O3. The number of hydrogen-bond acceptors (Lipinski definition) is 3. The Morgan fingerprint density at radius 1 is 1.26 bits per heavy atom. The maximum Gasteiger partial charge on any atom is 0.311 e. The number of carboxylic acid groups (broad SMARTS) is 1. The zero-order valence-corrected chi connectivity index (χ0v) is 11.1. The molecule has 3 rings (SSSR count). The average Bonchev–Trinajstić information content (AvgIpc) is 2.87. The van der Waals surface area contributed by atoms with Gasteiger partial charge in [-0.3, -0.25) is 9.59 Å². The van der Waals surface area contributed by atoms with Crippen LogP contribution in [0.3, 0.4) is 0 Å². The van der Waals surface area contributed by atoms with Crippen molar-refractivity contribution in [3.05, 3.63) is 0 Å². The van der Waals surface area contributed by atoms with Crippen molar-refractivity contribution in [1.29, 1.82) is 0 Å². The third-order valence-electron chi connectivity index (χ3n) is 5.65. The van der Waals surface area contributed by atoms with Gasteiger partial charge in [0.2, 0.25) is 5.91 Å². The van der Waals surface area contributed by atoms with Gasteiger partial charge in [0.1, 0.15) is 0 Å². The van der Waals surface area contributed by atoms with Gasteiger partial charge in [-0.15, -0.1) is 0 Å². The summed E-state index contributed by atoms with van der Waals surface area (Å²) in [5.74, 6) is 0.0215. The zero-order valence-electron chi connectivity index (χ0n) is 11.1. The lowest BCUT2D eigenvalue weighted by Gasteiger charge is -2.38. The van der Waals surface area contributed by atoms with Crippen LogP contribution in [0.2, 0.25) is 0 Å². The molecule has 0 aromatic heterocycles. The molecule has 4 unspecified atom stereocenters. The lowest BCUT2D eigenvalue weighted by molar-refractivity contribution is -0.154. The lowest BCUT2D eigenvalue weighted by Crippen LogP contribution is -2.51. The Labute approximate surface area is 112 Å². The number of rotatable bonds is 4. The van der Waals surface area contributed by atoms with Crippen molar-refractivity contribution in [2.45, 2.75) is 44.6 Å². The first-order valence-corrected chi connectivity index (χ1v) is 7.30. The zero-order chi connectivity index (χ0) is 13.6. The Morgan fingerprint density at radius 2 is 1.95 bits per heavy atom. The van der Waals surface area contributed by atoms with Crippen molar-refractivity contribution >= 4 is 11.9 Å². The highest BCUT2D eigenvalue weighted by molar-refractivity contribution is 5.82. The maximum atomic E-state index is 12.3. The van der Waals surface area contributed by atoms with Gasteiger partial charge in [-0.2, -0.15) is 0 Å². The number of hydrogen-bond donors (Lipinski definition) is 3. The molecule has 3 fully saturated rings. The van der Waals surface area contributed by atoms with Crippen molar-refractivity contribution in [1.82, 2.24) is 5.32 Å². The molecule has 0 radical (unpaired) electrons. The molecule has 4 atom stereocenters. The largest absolute Gasteiger partial charge is 0.481 e. The molecule has 19 heavy (non-hydrogen) atoms. The first kappa shape index (κ1) is 12.9. The van der Waals surface area contributed by atoms with E-state index in [-0.39, 0.29) is 24.4 Å². The Balaban J connectivity index is 1.59. The summed E-state index contributed by atoms with van der Waals surface area (Å²) in [6, 6.07) is -0.0269. The first-order chi connectivity index (χ1) is 9.03. The Kier molecular flexibility index (Phi) is 3.04. The van der Waals surface area contributed by atoms with Crippen LogP contribution in [0, 0.1) is 23.2 Å². The fourth-order valence-electron chi connectivity index (χ4n) is 4.17. The smallest absolute Gasteiger partial charge is 0.311 e. The van der Waals surface area contributed by atoms with Gasteiger partial charge in [-0.05, 0) is 43.9 Å². The molecule has 3 aliphatic carbocycles. The van der Waals surface area contributed by atoms with Crippen LogP contribution in [0.25, 0.3) is 0 Å². The molecule has 2 bridgehead atoms. The van der Waals surface area contributed by atoms with Crippen molar-refractivity contribution in [3.8, 4) is 0 Å². The second-order valence-electron chi connectivity index (χ2n) is 6.59. The highest BCUT2D eigenvalue weighted by Gasteiger charge is 2.50. The molecule has 0 aliphatic heterocycles. The van der Waals surface area contributed by atoms with Gasteiger partial charge < -0.3 is 16.2 Å². The number of carbonyl (C=O) groups is 2. The quantitative estimate of drug-likeness (QED) is 0.699. The van der Waals surface area contributed by atoms with Crippen LogP contribution in [0.5, 0.6) is 0 Å². The number of aliphatic carboxylic acids is 1. The second kappa shape index (κ2) is 4.47. The van der Waals surface area contributed by atoms with E-state index in [1.54, 1.807) is 0 Å². The van der Waals surface area contributed by atoms with Gasteiger partial charge in [-0.25, -0.2) is 0 Å². The summed E-state index contributed by atoms with van der Waals surface area (Å²) >= 11 is 0. The van der Waals surface area contributed by atoms with E-state index in [4.69, 9.17) is 5.73 Å². The van der Waals surface area contributed by atoms with Crippen LogP contribution in [0.4, 0.5) is 0 Å².